The summed E-state index contributed by atoms with van der Waals surface area (Å²) in [7, 11) is -2.12. The van der Waals surface area contributed by atoms with E-state index in [1.54, 1.807) is 18.0 Å². The Kier molecular flexibility index (Phi) is 7.49. The predicted molar refractivity (Wildman–Crippen MR) is 133 cm³/mol. The summed E-state index contributed by atoms with van der Waals surface area (Å²) in [4.78, 5) is 14.4. The van der Waals surface area contributed by atoms with E-state index < -0.39 is 21.7 Å². The predicted octanol–water partition coefficient (Wildman–Crippen LogP) is 6.09. The molecular weight excluding hydrogens is 483 g/mol. The van der Waals surface area contributed by atoms with E-state index in [0.717, 1.165) is 28.5 Å². The van der Waals surface area contributed by atoms with E-state index in [9.17, 15) is 13.2 Å². The first-order valence-corrected chi connectivity index (χ1v) is 12.9. The molecule has 3 rings (SSSR count). The maximum absolute atomic E-state index is 12.9. The number of ether oxygens (including phenoxy) is 1. The van der Waals surface area contributed by atoms with Crippen LogP contribution in [0.1, 0.15) is 67.8 Å². The van der Waals surface area contributed by atoms with Crippen LogP contribution >= 0.6 is 23.2 Å². The van der Waals surface area contributed by atoms with Gasteiger partial charge in [-0.2, -0.15) is 0 Å². The normalized spacial score (nSPS) is 18.8. The van der Waals surface area contributed by atoms with Gasteiger partial charge in [0.1, 0.15) is 5.60 Å². The fourth-order valence-electron chi connectivity index (χ4n) is 4.15. The lowest BCUT2D eigenvalue weighted by Crippen LogP contribution is -2.38. The topological polar surface area (TPSA) is 89.7 Å². The summed E-state index contributed by atoms with van der Waals surface area (Å²) in [5.74, 6) is 0.000821. The van der Waals surface area contributed by atoms with Crippen LogP contribution in [0.4, 0.5) is 4.79 Å². The van der Waals surface area contributed by atoms with Gasteiger partial charge >= 0.3 is 6.09 Å². The van der Waals surface area contributed by atoms with E-state index in [2.05, 4.69) is 0 Å². The maximum Gasteiger partial charge on any atom is 0.410 e. The van der Waals surface area contributed by atoms with Crippen LogP contribution < -0.4 is 5.14 Å². The van der Waals surface area contributed by atoms with Gasteiger partial charge in [-0.05, 0) is 74.1 Å². The van der Waals surface area contributed by atoms with Gasteiger partial charge in [0.2, 0.25) is 10.0 Å². The van der Waals surface area contributed by atoms with Gasteiger partial charge in [-0.3, -0.25) is 0 Å². The molecule has 2 aromatic rings. The van der Waals surface area contributed by atoms with Gasteiger partial charge in [0.25, 0.3) is 0 Å². The fraction of sp³-hybridized carbons (Fsp3) is 0.375. The highest BCUT2D eigenvalue weighted by atomic mass is 35.5. The van der Waals surface area contributed by atoms with Crippen LogP contribution in [0.25, 0.3) is 6.08 Å². The molecule has 0 bridgehead atoms. The smallest absolute Gasteiger partial charge is 0.410 e. The van der Waals surface area contributed by atoms with Crippen LogP contribution in [0.2, 0.25) is 10.0 Å². The van der Waals surface area contributed by atoms with Crippen molar-refractivity contribution in [2.24, 2.45) is 5.14 Å². The Morgan fingerprint density at radius 2 is 1.85 bits per heavy atom. The molecule has 178 valence electrons. The van der Waals surface area contributed by atoms with Crippen molar-refractivity contribution in [2.45, 2.75) is 51.2 Å². The lowest BCUT2D eigenvalue weighted by Gasteiger charge is -2.38. The van der Waals surface area contributed by atoms with Crippen LogP contribution in [-0.4, -0.2) is 32.1 Å². The molecule has 1 aliphatic carbocycles. The van der Waals surface area contributed by atoms with Gasteiger partial charge in [0, 0.05) is 18.4 Å². The number of primary sulfonamides is 1. The van der Waals surface area contributed by atoms with Crippen molar-refractivity contribution < 1.29 is 17.9 Å². The van der Waals surface area contributed by atoms with Gasteiger partial charge in [-0.1, -0.05) is 47.5 Å². The number of carbonyl (C=O) groups is 1. The highest BCUT2D eigenvalue weighted by Crippen LogP contribution is 2.46. The SMILES string of the molecule is CN(C(=O)OC(C)(C)C)[C@H]1CC[C@@H](c2ccc(Cl)c(Cl)c2)c2cccc(/C=C/S(N)(=O)=O)c21. The lowest BCUT2D eigenvalue weighted by atomic mass is 9.74. The van der Waals surface area contributed by atoms with Crippen molar-refractivity contribution in [3.8, 4) is 0 Å². The molecule has 6 nitrogen and oxygen atoms in total. The summed E-state index contributed by atoms with van der Waals surface area (Å²) >= 11 is 12.4. The monoisotopic (exact) mass is 510 g/mol. The van der Waals surface area contributed by atoms with Crippen molar-refractivity contribution >= 4 is 45.4 Å². The number of hydrogen-bond donors (Lipinski definition) is 1. The summed E-state index contributed by atoms with van der Waals surface area (Å²) in [5.41, 5.74) is 2.87. The maximum atomic E-state index is 12.9. The molecule has 0 saturated heterocycles. The number of fused-ring (bicyclic) bond motifs is 1. The van der Waals surface area contributed by atoms with Crippen LogP contribution in [0.3, 0.4) is 0 Å². The molecule has 0 fully saturated rings. The summed E-state index contributed by atoms with van der Waals surface area (Å²) in [5, 5.41) is 7.10. The van der Waals surface area contributed by atoms with Crippen molar-refractivity contribution in [1.82, 2.24) is 4.90 Å². The summed E-state index contributed by atoms with van der Waals surface area (Å²) < 4.78 is 28.8. The molecule has 2 N–H and O–H groups in total. The zero-order chi connectivity index (χ0) is 24.6. The zero-order valence-electron chi connectivity index (χ0n) is 19.0. The first kappa shape index (κ1) is 25.6. The zero-order valence-corrected chi connectivity index (χ0v) is 21.3. The van der Waals surface area contributed by atoms with Crippen LogP contribution in [-0.2, 0) is 14.8 Å². The summed E-state index contributed by atoms with van der Waals surface area (Å²) in [6, 6.07) is 10.9. The average molecular weight is 511 g/mol. The molecule has 0 aromatic heterocycles. The number of benzene rings is 2. The minimum Gasteiger partial charge on any atom is -0.444 e. The highest BCUT2D eigenvalue weighted by molar-refractivity contribution is 7.92. The second kappa shape index (κ2) is 9.66. The van der Waals surface area contributed by atoms with Crippen LogP contribution in [0.15, 0.2) is 41.8 Å². The molecule has 0 heterocycles. The van der Waals surface area contributed by atoms with Crippen molar-refractivity contribution in [1.29, 1.82) is 0 Å². The van der Waals surface area contributed by atoms with Crippen molar-refractivity contribution in [3.05, 3.63) is 74.1 Å². The Hall–Kier alpha value is -2.06. The van der Waals surface area contributed by atoms with E-state index in [1.165, 1.54) is 6.08 Å². The third-order valence-corrected chi connectivity index (χ3v) is 6.80. The largest absolute Gasteiger partial charge is 0.444 e. The number of carbonyl (C=O) groups excluding carboxylic acids is 1. The first-order valence-electron chi connectivity index (χ1n) is 10.5. The molecule has 0 saturated carbocycles. The third-order valence-electron chi connectivity index (χ3n) is 5.54. The molecule has 0 spiro atoms. The number of nitrogens with zero attached hydrogens (tertiary/aromatic N) is 1. The number of nitrogens with two attached hydrogens (primary N) is 1. The first-order chi connectivity index (χ1) is 15.3. The summed E-state index contributed by atoms with van der Waals surface area (Å²) in [6.45, 7) is 5.44. The van der Waals surface area contributed by atoms with Gasteiger partial charge in [0.15, 0.2) is 0 Å². The molecule has 2 aromatic carbocycles. The van der Waals surface area contributed by atoms with E-state index in [4.69, 9.17) is 33.1 Å². The Morgan fingerprint density at radius 1 is 1.15 bits per heavy atom. The van der Waals surface area contributed by atoms with E-state index in [-0.39, 0.29) is 12.0 Å². The minimum absolute atomic E-state index is 0.000821. The molecule has 9 heteroatoms. The number of rotatable bonds is 4. The van der Waals surface area contributed by atoms with E-state index in [1.807, 2.05) is 51.1 Å². The molecule has 1 aliphatic rings. The molecule has 33 heavy (non-hydrogen) atoms. The Balaban J connectivity index is 2.13. The Labute approximate surface area is 205 Å². The van der Waals surface area contributed by atoms with Gasteiger partial charge in [0.05, 0.1) is 16.1 Å². The quantitative estimate of drug-likeness (QED) is 0.538. The van der Waals surface area contributed by atoms with Gasteiger partial charge in [-0.25, -0.2) is 18.4 Å². The molecule has 1 amide bonds. The number of sulfonamides is 1. The average Bonchev–Trinajstić information content (AvgIpc) is 2.71. The number of halogens is 2. The lowest BCUT2D eigenvalue weighted by molar-refractivity contribution is 0.0202. The highest BCUT2D eigenvalue weighted by Gasteiger charge is 2.35. The van der Waals surface area contributed by atoms with E-state index >= 15 is 0 Å². The Morgan fingerprint density at radius 3 is 2.45 bits per heavy atom. The summed E-state index contributed by atoms with van der Waals surface area (Å²) in [6.07, 6.45) is 2.43. The molecule has 2 atom stereocenters. The van der Waals surface area contributed by atoms with Crippen LogP contribution in [0.5, 0.6) is 0 Å². The second-order valence-electron chi connectivity index (χ2n) is 9.15. The van der Waals surface area contributed by atoms with E-state index in [0.29, 0.717) is 22.0 Å². The number of hydrogen-bond acceptors (Lipinski definition) is 4. The van der Waals surface area contributed by atoms with Crippen molar-refractivity contribution in [3.63, 3.8) is 0 Å². The minimum atomic E-state index is -3.82. The molecule has 0 aliphatic heterocycles. The second-order valence-corrected chi connectivity index (χ2v) is 11.4. The molecule has 0 radical (unpaired) electrons. The van der Waals surface area contributed by atoms with Crippen molar-refractivity contribution in [2.75, 3.05) is 7.05 Å². The standard InChI is InChI=1S/C24H28Cl2N2O4S/c1-24(2,3)32-23(29)28(4)21-11-9-17(16-8-10-19(25)20(26)14-16)18-7-5-6-15(22(18)21)12-13-33(27,30)31/h5-8,10,12-14,17,21H,9,11H2,1-4H3,(H2,27,30,31)/b13-12+/t17-,21-/m0/s1. The van der Waals surface area contributed by atoms with Gasteiger partial charge < -0.3 is 9.64 Å². The molecular formula is C24H28Cl2N2O4S. The van der Waals surface area contributed by atoms with Crippen LogP contribution in [0, 0.1) is 0 Å². The van der Waals surface area contributed by atoms with Gasteiger partial charge in [-0.15, -0.1) is 0 Å². The third kappa shape index (κ3) is 6.29. The Bertz CT molecular complexity index is 1190. The molecule has 0 unspecified atom stereocenters. The fourth-order valence-corrected chi connectivity index (χ4v) is 4.79. The number of amides is 1.